The van der Waals surface area contributed by atoms with E-state index in [-0.39, 0.29) is 5.54 Å². The first-order chi connectivity index (χ1) is 6.62. The highest BCUT2D eigenvalue weighted by molar-refractivity contribution is 7.99. The highest BCUT2D eigenvalue weighted by Crippen LogP contribution is 2.27. The van der Waals surface area contributed by atoms with Crippen molar-refractivity contribution in [1.82, 2.24) is 4.90 Å². The minimum atomic E-state index is 0.240. The van der Waals surface area contributed by atoms with E-state index in [1.165, 1.54) is 31.7 Å². The lowest BCUT2D eigenvalue weighted by atomic mass is 9.93. The van der Waals surface area contributed by atoms with Crippen molar-refractivity contribution in [3.63, 3.8) is 0 Å². The van der Waals surface area contributed by atoms with Crippen LogP contribution in [0.4, 0.5) is 0 Å². The summed E-state index contributed by atoms with van der Waals surface area (Å²) in [5, 5.41) is 0.770. The van der Waals surface area contributed by atoms with Gasteiger partial charge in [0.1, 0.15) is 0 Å². The standard InChI is InChI=1S/C11H24N2S/c1-4-5-11(3,9-12)13-6-7-14-10(2)8-13/h10H,4-9,12H2,1-3H3. The summed E-state index contributed by atoms with van der Waals surface area (Å²) < 4.78 is 0. The predicted molar refractivity (Wildman–Crippen MR) is 65.9 cm³/mol. The first-order valence-corrected chi connectivity index (χ1v) is 6.74. The molecule has 14 heavy (non-hydrogen) atoms. The third-order valence-corrected chi connectivity index (χ3v) is 4.37. The molecule has 0 aromatic rings. The number of rotatable bonds is 4. The molecule has 0 aromatic carbocycles. The molecule has 2 nitrogen and oxygen atoms in total. The molecule has 2 atom stereocenters. The monoisotopic (exact) mass is 216 g/mol. The minimum absolute atomic E-state index is 0.240. The second kappa shape index (κ2) is 5.38. The summed E-state index contributed by atoms with van der Waals surface area (Å²) in [6, 6.07) is 0. The Hall–Kier alpha value is 0.270. The number of nitrogens with zero attached hydrogens (tertiary/aromatic N) is 1. The van der Waals surface area contributed by atoms with Crippen LogP contribution in [0.1, 0.15) is 33.6 Å². The molecule has 0 radical (unpaired) electrons. The van der Waals surface area contributed by atoms with Crippen LogP contribution in [0.15, 0.2) is 0 Å². The number of hydrogen-bond acceptors (Lipinski definition) is 3. The van der Waals surface area contributed by atoms with Crippen LogP contribution >= 0.6 is 11.8 Å². The van der Waals surface area contributed by atoms with Gasteiger partial charge in [-0.2, -0.15) is 11.8 Å². The zero-order valence-corrected chi connectivity index (χ0v) is 10.6. The van der Waals surface area contributed by atoms with Gasteiger partial charge in [0.15, 0.2) is 0 Å². The molecule has 2 unspecified atom stereocenters. The molecule has 3 heteroatoms. The first-order valence-electron chi connectivity index (χ1n) is 5.69. The largest absolute Gasteiger partial charge is 0.329 e. The smallest absolute Gasteiger partial charge is 0.0304 e. The van der Waals surface area contributed by atoms with Crippen LogP contribution in [0.25, 0.3) is 0 Å². The predicted octanol–water partition coefficient (Wildman–Crippen LogP) is 1.94. The second-order valence-corrected chi connectivity index (χ2v) is 6.12. The van der Waals surface area contributed by atoms with E-state index >= 15 is 0 Å². The molecule has 0 amide bonds. The molecule has 0 spiro atoms. The molecule has 1 heterocycles. The van der Waals surface area contributed by atoms with Gasteiger partial charge in [0.25, 0.3) is 0 Å². The SMILES string of the molecule is CCCC(C)(CN)N1CCSC(C)C1. The quantitative estimate of drug-likeness (QED) is 0.779. The van der Waals surface area contributed by atoms with Gasteiger partial charge in [-0.1, -0.05) is 20.3 Å². The molecule has 1 aliphatic rings. The minimum Gasteiger partial charge on any atom is -0.329 e. The van der Waals surface area contributed by atoms with Crippen molar-refractivity contribution >= 4 is 11.8 Å². The Morgan fingerprint density at radius 3 is 2.79 bits per heavy atom. The second-order valence-electron chi connectivity index (χ2n) is 4.58. The molecule has 2 N–H and O–H groups in total. The summed E-state index contributed by atoms with van der Waals surface area (Å²) in [5.74, 6) is 1.26. The highest BCUT2D eigenvalue weighted by atomic mass is 32.2. The molecule has 1 fully saturated rings. The molecule has 0 aromatic heterocycles. The van der Waals surface area contributed by atoms with Gasteiger partial charge in [-0.05, 0) is 13.3 Å². The molecular weight excluding hydrogens is 192 g/mol. The zero-order valence-electron chi connectivity index (χ0n) is 9.75. The average Bonchev–Trinajstić information content (AvgIpc) is 2.18. The fourth-order valence-corrected chi connectivity index (χ4v) is 3.25. The third-order valence-electron chi connectivity index (χ3n) is 3.23. The van der Waals surface area contributed by atoms with Crippen molar-refractivity contribution in [2.45, 2.75) is 44.4 Å². The van der Waals surface area contributed by atoms with Crippen LogP contribution in [-0.2, 0) is 0 Å². The van der Waals surface area contributed by atoms with Gasteiger partial charge >= 0.3 is 0 Å². The van der Waals surface area contributed by atoms with Crippen LogP contribution < -0.4 is 5.73 Å². The Morgan fingerprint density at radius 2 is 2.29 bits per heavy atom. The molecular formula is C11H24N2S. The molecule has 1 aliphatic heterocycles. The Morgan fingerprint density at radius 1 is 1.57 bits per heavy atom. The van der Waals surface area contributed by atoms with Crippen molar-refractivity contribution in [3.8, 4) is 0 Å². The van der Waals surface area contributed by atoms with E-state index in [1.807, 2.05) is 0 Å². The van der Waals surface area contributed by atoms with Crippen molar-refractivity contribution in [1.29, 1.82) is 0 Å². The van der Waals surface area contributed by atoms with Crippen molar-refractivity contribution < 1.29 is 0 Å². The molecule has 84 valence electrons. The van der Waals surface area contributed by atoms with E-state index in [9.17, 15) is 0 Å². The number of nitrogens with two attached hydrogens (primary N) is 1. The third kappa shape index (κ3) is 2.88. The fraction of sp³-hybridized carbons (Fsp3) is 1.00. The fourth-order valence-electron chi connectivity index (χ4n) is 2.24. The summed E-state index contributed by atoms with van der Waals surface area (Å²) in [5.41, 5.74) is 6.16. The van der Waals surface area contributed by atoms with Gasteiger partial charge in [-0.15, -0.1) is 0 Å². The van der Waals surface area contributed by atoms with E-state index in [1.54, 1.807) is 0 Å². The number of hydrogen-bond donors (Lipinski definition) is 1. The highest BCUT2D eigenvalue weighted by Gasteiger charge is 2.32. The van der Waals surface area contributed by atoms with Gasteiger partial charge < -0.3 is 5.73 Å². The first kappa shape index (κ1) is 12.3. The van der Waals surface area contributed by atoms with Crippen LogP contribution in [0.2, 0.25) is 0 Å². The van der Waals surface area contributed by atoms with E-state index in [0.717, 1.165) is 11.8 Å². The maximum atomic E-state index is 5.92. The lowest BCUT2D eigenvalue weighted by Crippen LogP contribution is -2.55. The van der Waals surface area contributed by atoms with Gasteiger partial charge in [-0.25, -0.2) is 0 Å². The molecule has 0 aliphatic carbocycles. The lowest BCUT2D eigenvalue weighted by Gasteiger charge is -2.44. The Kier molecular flexibility index (Phi) is 4.74. The van der Waals surface area contributed by atoms with Crippen molar-refractivity contribution in [2.75, 3.05) is 25.4 Å². The summed E-state index contributed by atoms with van der Waals surface area (Å²) in [7, 11) is 0. The summed E-state index contributed by atoms with van der Waals surface area (Å²) >= 11 is 2.08. The van der Waals surface area contributed by atoms with Crippen LogP contribution in [-0.4, -0.2) is 41.1 Å². The van der Waals surface area contributed by atoms with Gasteiger partial charge in [0, 0.05) is 36.2 Å². The molecule has 1 rings (SSSR count). The maximum Gasteiger partial charge on any atom is 0.0304 e. The maximum absolute atomic E-state index is 5.92. The van der Waals surface area contributed by atoms with Crippen molar-refractivity contribution in [2.24, 2.45) is 5.73 Å². The van der Waals surface area contributed by atoms with Crippen LogP contribution in [0, 0.1) is 0 Å². The molecule has 0 saturated carbocycles. The summed E-state index contributed by atoms with van der Waals surface area (Å²) in [4.78, 5) is 2.59. The average molecular weight is 216 g/mol. The van der Waals surface area contributed by atoms with E-state index in [2.05, 4.69) is 37.4 Å². The van der Waals surface area contributed by atoms with Gasteiger partial charge in [0.2, 0.25) is 0 Å². The zero-order chi connectivity index (χ0) is 10.6. The van der Waals surface area contributed by atoms with E-state index in [0.29, 0.717) is 0 Å². The van der Waals surface area contributed by atoms with E-state index in [4.69, 9.17) is 5.73 Å². The summed E-state index contributed by atoms with van der Waals surface area (Å²) in [6.07, 6.45) is 2.45. The van der Waals surface area contributed by atoms with Crippen LogP contribution in [0.5, 0.6) is 0 Å². The lowest BCUT2D eigenvalue weighted by molar-refractivity contribution is 0.106. The van der Waals surface area contributed by atoms with E-state index < -0.39 is 0 Å². The molecule has 1 saturated heterocycles. The normalized spacial score (nSPS) is 28.7. The summed E-state index contributed by atoms with van der Waals surface area (Å²) in [6.45, 7) is 10.1. The van der Waals surface area contributed by atoms with Crippen LogP contribution in [0.3, 0.4) is 0 Å². The topological polar surface area (TPSA) is 29.3 Å². The molecule has 0 bridgehead atoms. The van der Waals surface area contributed by atoms with Gasteiger partial charge in [0.05, 0.1) is 0 Å². The Labute approximate surface area is 92.6 Å². The van der Waals surface area contributed by atoms with Crippen molar-refractivity contribution in [3.05, 3.63) is 0 Å². The van der Waals surface area contributed by atoms with Gasteiger partial charge in [-0.3, -0.25) is 4.90 Å². The Bertz CT molecular complexity index is 175. The Balaban J connectivity index is 2.58. The number of thioether (sulfide) groups is 1.